The molecule has 0 aliphatic carbocycles. The molecule has 1 aliphatic heterocycles. The summed E-state index contributed by atoms with van der Waals surface area (Å²) in [4.78, 5) is 25.4. The fourth-order valence-corrected chi connectivity index (χ4v) is 4.02. The SMILES string of the molecule is CC(CCN1C(=O)C(=Cc2ccc(-c3ccc(Br)cc3)o2)SC1=S)C(=O)O. The topological polar surface area (TPSA) is 70.8 Å². The zero-order chi connectivity index (χ0) is 19.6. The van der Waals surface area contributed by atoms with Crippen molar-refractivity contribution in [3.05, 3.63) is 51.5 Å². The Morgan fingerprint density at radius 2 is 2.04 bits per heavy atom. The van der Waals surface area contributed by atoms with Gasteiger partial charge in [0.25, 0.3) is 5.91 Å². The molecule has 27 heavy (non-hydrogen) atoms. The molecule has 8 heteroatoms. The average Bonchev–Trinajstić information content (AvgIpc) is 3.19. The van der Waals surface area contributed by atoms with Gasteiger partial charge in [-0.2, -0.15) is 0 Å². The first-order chi connectivity index (χ1) is 12.8. The highest BCUT2D eigenvalue weighted by molar-refractivity contribution is 9.10. The molecule has 2 aromatic rings. The minimum atomic E-state index is -0.882. The first-order valence-electron chi connectivity index (χ1n) is 8.19. The van der Waals surface area contributed by atoms with E-state index < -0.39 is 11.9 Å². The maximum absolute atomic E-state index is 12.6. The van der Waals surface area contributed by atoms with E-state index in [1.54, 1.807) is 19.1 Å². The van der Waals surface area contributed by atoms with Crippen molar-refractivity contribution in [1.29, 1.82) is 0 Å². The number of carboxylic acid groups (broad SMARTS) is 1. The van der Waals surface area contributed by atoms with Crippen molar-refractivity contribution >= 4 is 62.2 Å². The summed E-state index contributed by atoms with van der Waals surface area (Å²) in [5.41, 5.74) is 0.938. The van der Waals surface area contributed by atoms with Crippen molar-refractivity contribution in [2.24, 2.45) is 5.92 Å². The molecule has 1 amide bonds. The normalized spacial score (nSPS) is 17.0. The lowest BCUT2D eigenvalue weighted by molar-refractivity contribution is -0.141. The highest BCUT2D eigenvalue weighted by Crippen LogP contribution is 2.34. The van der Waals surface area contributed by atoms with Gasteiger partial charge in [0.2, 0.25) is 0 Å². The number of aliphatic carboxylic acids is 1. The second-order valence-electron chi connectivity index (χ2n) is 6.07. The lowest BCUT2D eigenvalue weighted by atomic mass is 10.1. The maximum Gasteiger partial charge on any atom is 0.306 e. The molecule has 1 aromatic carbocycles. The van der Waals surface area contributed by atoms with Crippen LogP contribution in [0.2, 0.25) is 0 Å². The first-order valence-corrected chi connectivity index (χ1v) is 10.2. The predicted octanol–water partition coefficient (Wildman–Crippen LogP) is 5.02. The van der Waals surface area contributed by atoms with E-state index in [-0.39, 0.29) is 12.5 Å². The molecule has 1 N–H and O–H groups in total. The van der Waals surface area contributed by atoms with Crippen molar-refractivity contribution < 1.29 is 19.1 Å². The van der Waals surface area contributed by atoms with Crippen LogP contribution < -0.4 is 0 Å². The van der Waals surface area contributed by atoms with Gasteiger partial charge >= 0.3 is 5.97 Å². The Hall–Kier alpha value is -1.90. The van der Waals surface area contributed by atoms with Gasteiger partial charge in [-0.05, 0) is 30.7 Å². The van der Waals surface area contributed by atoms with Gasteiger partial charge in [0.15, 0.2) is 0 Å². The van der Waals surface area contributed by atoms with E-state index in [4.69, 9.17) is 21.7 Å². The molecule has 2 heterocycles. The van der Waals surface area contributed by atoms with Crippen LogP contribution >= 0.6 is 39.9 Å². The first kappa shape index (κ1) is 19.9. The van der Waals surface area contributed by atoms with E-state index in [9.17, 15) is 9.59 Å². The van der Waals surface area contributed by atoms with E-state index in [1.807, 2.05) is 30.3 Å². The quantitative estimate of drug-likeness (QED) is 0.476. The average molecular weight is 466 g/mol. The molecule has 3 rings (SSSR count). The lowest BCUT2D eigenvalue weighted by Gasteiger charge is -2.15. The van der Waals surface area contributed by atoms with Crippen LogP contribution in [-0.4, -0.2) is 32.7 Å². The van der Waals surface area contributed by atoms with Crippen LogP contribution in [0.5, 0.6) is 0 Å². The van der Waals surface area contributed by atoms with Crippen LogP contribution in [0.4, 0.5) is 0 Å². The van der Waals surface area contributed by atoms with E-state index in [0.717, 1.165) is 10.0 Å². The van der Waals surface area contributed by atoms with Gasteiger partial charge in [-0.25, -0.2) is 0 Å². The Labute approximate surface area is 174 Å². The van der Waals surface area contributed by atoms with Gasteiger partial charge in [0.05, 0.1) is 10.8 Å². The van der Waals surface area contributed by atoms with E-state index in [1.165, 1.54) is 16.7 Å². The summed E-state index contributed by atoms with van der Waals surface area (Å²) in [7, 11) is 0. The molecular weight excluding hydrogens is 450 g/mol. The van der Waals surface area contributed by atoms with Crippen molar-refractivity contribution in [3.63, 3.8) is 0 Å². The molecule has 0 saturated carbocycles. The number of carboxylic acids is 1. The van der Waals surface area contributed by atoms with Crippen LogP contribution in [0.15, 0.2) is 50.2 Å². The maximum atomic E-state index is 12.6. The smallest absolute Gasteiger partial charge is 0.306 e. The number of nitrogens with zero attached hydrogens (tertiary/aromatic N) is 1. The number of thioether (sulfide) groups is 1. The number of thiocarbonyl (C=S) groups is 1. The Bertz CT molecular complexity index is 920. The number of carbonyl (C=O) groups is 2. The molecule has 1 fully saturated rings. The van der Waals surface area contributed by atoms with Crippen LogP contribution in [0.25, 0.3) is 17.4 Å². The largest absolute Gasteiger partial charge is 0.481 e. The Balaban J connectivity index is 1.72. The highest BCUT2D eigenvalue weighted by atomic mass is 79.9. The monoisotopic (exact) mass is 465 g/mol. The number of hydrogen-bond donors (Lipinski definition) is 1. The lowest BCUT2D eigenvalue weighted by Crippen LogP contribution is -2.31. The molecule has 140 valence electrons. The van der Waals surface area contributed by atoms with Crippen molar-refractivity contribution in [2.45, 2.75) is 13.3 Å². The molecule has 1 atom stereocenters. The second kappa shape index (κ2) is 8.41. The van der Waals surface area contributed by atoms with Crippen LogP contribution in [-0.2, 0) is 9.59 Å². The summed E-state index contributed by atoms with van der Waals surface area (Å²) >= 11 is 9.87. The van der Waals surface area contributed by atoms with Gasteiger partial charge in [0.1, 0.15) is 15.8 Å². The number of hydrogen-bond acceptors (Lipinski definition) is 5. The van der Waals surface area contributed by atoms with E-state index in [0.29, 0.717) is 27.2 Å². The summed E-state index contributed by atoms with van der Waals surface area (Å²) in [5, 5.41) is 8.98. The molecule has 0 radical (unpaired) electrons. The summed E-state index contributed by atoms with van der Waals surface area (Å²) in [5.74, 6) is -0.361. The number of rotatable bonds is 6. The zero-order valence-electron chi connectivity index (χ0n) is 14.3. The van der Waals surface area contributed by atoms with Crippen LogP contribution in [0.1, 0.15) is 19.1 Å². The minimum absolute atomic E-state index is 0.218. The standard InChI is InChI=1S/C19H16BrNO4S2/c1-11(18(23)24)8-9-21-17(22)16(27-19(21)26)10-14-6-7-15(25-14)12-2-4-13(20)5-3-12/h2-7,10-11H,8-9H2,1H3,(H,23,24). The van der Waals surface area contributed by atoms with Crippen molar-refractivity contribution in [1.82, 2.24) is 4.90 Å². The highest BCUT2D eigenvalue weighted by Gasteiger charge is 2.32. The molecule has 0 spiro atoms. The number of halogens is 1. The molecule has 0 bridgehead atoms. The predicted molar refractivity (Wildman–Crippen MR) is 113 cm³/mol. The fourth-order valence-electron chi connectivity index (χ4n) is 2.47. The molecule has 5 nitrogen and oxygen atoms in total. The molecular formula is C19H16BrNO4S2. The van der Waals surface area contributed by atoms with Crippen molar-refractivity contribution in [3.8, 4) is 11.3 Å². The fraction of sp³-hybridized carbons (Fsp3) is 0.211. The third kappa shape index (κ3) is 4.69. The van der Waals surface area contributed by atoms with Crippen LogP contribution in [0.3, 0.4) is 0 Å². The van der Waals surface area contributed by atoms with Crippen LogP contribution in [0, 0.1) is 5.92 Å². The number of benzene rings is 1. The molecule has 1 saturated heterocycles. The molecule has 1 aromatic heterocycles. The van der Waals surface area contributed by atoms with E-state index in [2.05, 4.69) is 15.9 Å². The van der Waals surface area contributed by atoms with Gasteiger partial charge in [0, 0.05) is 22.7 Å². The summed E-state index contributed by atoms with van der Waals surface area (Å²) in [6.45, 7) is 1.90. The number of furan rings is 1. The Morgan fingerprint density at radius 3 is 2.70 bits per heavy atom. The van der Waals surface area contributed by atoms with Gasteiger partial charge in [-0.15, -0.1) is 0 Å². The Kier molecular flexibility index (Phi) is 6.18. The summed E-state index contributed by atoms with van der Waals surface area (Å²) in [6.07, 6.45) is 2.02. The zero-order valence-corrected chi connectivity index (χ0v) is 17.6. The van der Waals surface area contributed by atoms with Gasteiger partial charge in [-0.1, -0.05) is 59.0 Å². The molecule has 1 unspecified atom stereocenters. The van der Waals surface area contributed by atoms with Gasteiger partial charge in [-0.3, -0.25) is 14.5 Å². The number of amides is 1. The van der Waals surface area contributed by atoms with Gasteiger partial charge < -0.3 is 9.52 Å². The third-order valence-electron chi connectivity index (χ3n) is 4.11. The number of carbonyl (C=O) groups excluding carboxylic acids is 1. The minimum Gasteiger partial charge on any atom is -0.481 e. The second-order valence-corrected chi connectivity index (χ2v) is 8.66. The third-order valence-corrected chi connectivity index (χ3v) is 6.02. The Morgan fingerprint density at radius 1 is 1.33 bits per heavy atom. The molecule has 1 aliphatic rings. The summed E-state index contributed by atoms with van der Waals surface area (Å²) in [6, 6.07) is 11.4. The van der Waals surface area contributed by atoms with E-state index >= 15 is 0 Å². The van der Waals surface area contributed by atoms with Crippen molar-refractivity contribution in [2.75, 3.05) is 6.54 Å². The summed E-state index contributed by atoms with van der Waals surface area (Å²) < 4.78 is 7.24.